The first-order valence-corrected chi connectivity index (χ1v) is 7.08. The van der Waals surface area contributed by atoms with Gasteiger partial charge >= 0.3 is 0 Å². The Bertz CT molecular complexity index is 629. The molecule has 19 heavy (non-hydrogen) atoms. The van der Waals surface area contributed by atoms with E-state index < -0.39 is 0 Å². The molecule has 1 aliphatic rings. The van der Waals surface area contributed by atoms with Gasteiger partial charge in [-0.05, 0) is 19.4 Å². The summed E-state index contributed by atoms with van der Waals surface area (Å²) in [6.07, 6.45) is 0.837. The van der Waals surface area contributed by atoms with Gasteiger partial charge in [-0.1, -0.05) is 18.2 Å². The van der Waals surface area contributed by atoms with Crippen LogP contribution >= 0.6 is 11.3 Å². The van der Waals surface area contributed by atoms with Crippen LogP contribution in [0.15, 0.2) is 24.3 Å². The lowest BCUT2D eigenvalue weighted by atomic mass is 10.0. The normalized spacial score (nSPS) is 22.8. The predicted octanol–water partition coefficient (Wildman–Crippen LogP) is 2.39. The molecule has 1 unspecified atom stereocenters. The highest BCUT2D eigenvalue weighted by Crippen LogP contribution is 2.33. The summed E-state index contributed by atoms with van der Waals surface area (Å²) < 4.78 is 6.38. The Kier molecular flexibility index (Phi) is 2.95. The number of carbonyl (C=O) groups is 1. The summed E-state index contributed by atoms with van der Waals surface area (Å²) in [5.74, 6) is -0.105. The summed E-state index contributed by atoms with van der Waals surface area (Å²) in [6.45, 7) is 3.25. The molecular formula is C14H16N2O2S. The van der Waals surface area contributed by atoms with E-state index in [0.717, 1.165) is 16.5 Å². The van der Waals surface area contributed by atoms with Crippen molar-refractivity contribution in [3.05, 3.63) is 29.1 Å². The van der Waals surface area contributed by atoms with E-state index >= 15 is 0 Å². The van der Waals surface area contributed by atoms with Crippen molar-refractivity contribution in [3.63, 3.8) is 0 Å². The van der Waals surface area contributed by atoms with Gasteiger partial charge in [0.05, 0.1) is 17.8 Å². The molecule has 0 saturated carbocycles. The third kappa shape index (κ3) is 2.19. The van der Waals surface area contributed by atoms with Crippen LogP contribution in [0.5, 0.6) is 0 Å². The van der Waals surface area contributed by atoms with Gasteiger partial charge in [-0.3, -0.25) is 4.79 Å². The van der Waals surface area contributed by atoms with Gasteiger partial charge in [0.25, 0.3) is 5.91 Å². The molecule has 100 valence electrons. The molecule has 1 fully saturated rings. The minimum absolute atomic E-state index is 0.105. The number of thiophene rings is 1. The molecule has 1 saturated heterocycles. The molecule has 1 amide bonds. The van der Waals surface area contributed by atoms with Crippen molar-refractivity contribution in [3.8, 4) is 0 Å². The fourth-order valence-corrected chi connectivity index (χ4v) is 3.35. The molecule has 1 aromatic carbocycles. The number of rotatable bonds is 2. The number of fused-ring (bicyclic) bond motifs is 1. The highest BCUT2D eigenvalue weighted by atomic mass is 32.1. The zero-order valence-electron chi connectivity index (χ0n) is 10.7. The first-order chi connectivity index (χ1) is 9.09. The Morgan fingerprint density at radius 3 is 2.95 bits per heavy atom. The van der Waals surface area contributed by atoms with Gasteiger partial charge < -0.3 is 15.8 Å². The topological polar surface area (TPSA) is 64.4 Å². The van der Waals surface area contributed by atoms with Gasteiger partial charge in [-0.2, -0.15) is 0 Å². The van der Waals surface area contributed by atoms with Crippen molar-refractivity contribution in [2.45, 2.75) is 18.9 Å². The molecule has 1 atom stereocenters. The molecule has 0 spiro atoms. The van der Waals surface area contributed by atoms with Crippen LogP contribution in [-0.2, 0) is 4.74 Å². The van der Waals surface area contributed by atoms with Crippen LogP contribution in [0.25, 0.3) is 10.1 Å². The molecule has 0 radical (unpaired) electrons. The summed E-state index contributed by atoms with van der Waals surface area (Å²) in [4.78, 5) is 13.0. The fraction of sp³-hybridized carbons (Fsp3) is 0.357. The van der Waals surface area contributed by atoms with E-state index in [2.05, 4.69) is 5.32 Å². The second kappa shape index (κ2) is 4.51. The third-order valence-electron chi connectivity index (χ3n) is 3.47. The maximum absolute atomic E-state index is 12.4. The lowest BCUT2D eigenvalue weighted by molar-refractivity contribution is 0.0895. The number of nitrogens with two attached hydrogens (primary N) is 1. The van der Waals surface area contributed by atoms with Crippen LogP contribution in [0.2, 0.25) is 0 Å². The van der Waals surface area contributed by atoms with Crippen LogP contribution in [0, 0.1) is 0 Å². The highest BCUT2D eigenvalue weighted by Gasteiger charge is 2.32. The summed E-state index contributed by atoms with van der Waals surface area (Å²) in [5.41, 5.74) is 6.37. The molecule has 1 aromatic heterocycles. The molecule has 0 bridgehead atoms. The van der Waals surface area contributed by atoms with E-state index in [4.69, 9.17) is 10.5 Å². The standard InChI is InChI=1S/C14H16N2O2S/c1-14(6-7-18-8-14)16-13(17)12-11(15)9-4-2-3-5-10(9)19-12/h2-5H,6-8,15H2,1H3,(H,16,17). The molecule has 3 N–H and O–H groups in total. The molecule has 5 heteroatoms. The van der Waals surface area contributed by atoms with Crippen LogP contribution in [0.4, 0.5) is 5.69 Å². The zero-order valence-corrected chi connectivity index (χ0v) is 11.5. The Hall–Kier alpha value is -1.59. The number of hydrogen-bond acceptors (Lipinski definition) is 4. The van der Waals surface area contributed by atoms with Crippen molar-refractivity contribution in [1.29, 1.82) is 0 Å². The van der Waals surface area contributed by atoms with Crippen molar-refractivity contribution in [1.82, 2.24) is 5.32 Å². The Morgan fingerprint density at radius 2 is 2.26 bits per heavy atom. The quantitative estimate of drug-likeness (QED) is 0.885. The second-order valence-electron chi connectivity index (χ2n) is 5.16. The summed E-state index contributed by atoms with van der Waals surface area (Å²) in [5, 5.41) is 3.99. The lowest BCUT2D eigenvalue weighted by Gasteiger charge is -2.23. The molecule has 3 rings (SSSR count). The Labute approximate surface area is 115 Å². The zero-order chi connectivity index (χ0) is 13.5. The molecular weight excluding hydrogens is 260 g/mol. The SMILES string of the molecule is CC1(NC(=O)c2sc3ccccc3c2N)CCOC1. The smallest absolute Gasteiger partial charge is 0.264 e. The van der Waals surface area contributed by atoms with E-state index in [0.29, 0.717) is 23.8 Å². The maximum atomic E-state index is 12.4. The second-order valence-corrected chi connectivity index (χ2v) is 6.21. The largest absolute Gasteiger partial charge is 0.397 e. The third-order valence-corrected chi connectivity index (χ3v) is 4.66. The first kappa shape index (κ1) is 12.4. The van der Waals surface area contributed by atoms with Gasteiger partial charge in [-0.25, -0.2) is 0 Å². The number of ether oxygens (including phenoxy) is 1. The van der Waals surface area contributed by atoms with E-state index in [1.165, 1.54) is 11.3 Å². The average molecular weight is 276 g/mol. The van der Waals surface area contributed by atoms with Crippen molar-refractivity contribution in [2.24, 2.45) is 0 Å². The van der Waals surface area contributed by atoms with Crippen molar-refractivity contribution < 1.29 is 9.53 Å². The number of carbonyl (C=O) groups excluding carboxylic acids is 1. The number of hydrogen-bond donors (Lipinski definition) is 2. The molecule has 2 aromatic rings. The van der Waals surface area contributed by atoms with Crippen molar-refractivity contribution >= 4 is 33.0 Å². The monoisotopic (exact) mass is 276 g/mol. The Balaban J connectivity index is 1.91. The van der Waals surface area contributed by atoms with Crippen LogP contribution in [-0.4, -0.2) is 24.7 Å². The highest BCUT2D eigenvalue weighted by molar-refractivity contribution is 7.21. The van der Waals surface area contributed by atoms with Gasteiger partial charge in [-0.15, -0.1) is 11.3 Å². The summed E-state index contributed by atoms with van der Waals surface area (Å²) >= 11 is 1.44. The number of anilines is 1. The maximum Gasteiger partial charge on any atom is 0.264 e. The van der Waals surface area contributed by atoms with E-state index in [9.17, 15) is 4.79 Å². The minimum atomic E-state index is -0.278. The lowest BCUT2D eigenvalue weighted by Crippen LogP contribution is -2.46. The van der Waals surface area contributed by atoms with Gasteiger partial charge in [0, 0.05) is 16.7 Å². The van der Waals surface area contributed by atoms with E-state index in [1.807, 2.05) is 31.2 Å². The fourth-order valence-electron chi connectivity index (χ4n) is 2.33. The van der Waals surface area contributed by atoms with E-state index in [-0.39, 0.29) is 11.4 Å². The average Bonchev–Trinajstić information content (AvgIpc) is 2.95. The number of nitrogens with one attached hydrogen (secondary N) is 1. The molecule has 2 heterocycles. The Morgan fingerprint density at radius 1 is 1.47 bits per heavy atom. The van der Waals surface area contributed by atoms with Gasteiger partial charge in [0.15, 0.2) is 0 Å². The number of benzene rings is 1. The van der Waals surface area contributed by atoms with Crippen LogP contribution in [0.1, 0.15) is 23.0 Å². The molecule has 1 aliphatic heterocycles. The van der Waals surface area contributed by atoms with Crippen molar-refractivity contribution in [2.75, 3.05) is 18.9 Å². The molecule has 4 nitrogen and oxygen atoms in total. The van der Waals surface area contributed by atoms with E-state index in [1.54, 1.807) is 0 Å². The first-order valence-electron chi connectivity index (χ1n) is 6.26. The predicted molar refractivity (Wildman–Crippen MR) is 77.5 cm³/mol. The van der Waals surface area contributed by atoms with Gasteiger partial charge in [0.1, 0.15) is 4.88 Å². The summed E-state index contributed by atoms with van der Waals surface area (Å²) in [7, 11) is 0. The van der Waals surface area contributed by atoms with Crippen LogP contribution in [0.3, 0.4) is 0 Å². The summed E-state index contributed by atoms with van der Waals surface area (Å²) in [6, 6.07) is 7.80. The minimum Gasteiger partial charge on any atom is -0.397 e. The van der Waals surface area contributed by atoms with Crippen LogP contribution < -0.4 is 11.1 Å². The molecule has 0 aliphatic carbocycles. The van der Waals surface area contributed by atoms with Gasteiger partial charge in [0.2, 0.25) is 0 Å². The number of amides is 1. The number of nitrogen functional groups attached to an aromatic ring is 1.